The molecule has 1 saturated heterocycles. The minimum absolute atomic E-state index is 0.188. The number of hydrogen-bond donors (Lipinski definition) is 1. The number of rotatable bonds is 6. The lowest BCUT2D eigenvalue weighted by Crippen LogP contribution is -2.40. The summed E-state index contributed by atoms with van der Waals surface area (Å²) in [7, 11) is 0. The van der Waals surface area contributed by atoms with E-state index < -0.39 is 0 Å². The third-order valence-corrected chi connectivity index (χ3v) is 5.37. The van der Waals surface area contributed by atoms with Gasteiger partial charge in [0.15, 0.2) is 0 Å². The molecule has 0 saturated carbocycles. The molecule has 0 spiro atoms. The van der Waals surface area contributed by atoms with Crippen molar-refractivity contribution in [3.8, 4) is 0 Å². The molecule has 1 aliphatic rings. The van der Waals surface area contributed by atoms with E-state index in [0.717, 1.165) is 31.4 Å². The fourth-order valence-electron chi connectivity index (χ4n) is 4.07. The summed E-state index contributed by atoms with van der Waals surface area (Å²) in [6, 6.07) is 20.6. The zero-order chi connectivity index (χ0) is 17.6. The van der Waals surface area contributed by atoms with Crippen LogP contribution in [0.2, 0.25) is 0 Å². The molecule has 0 aliphatic carbocycles. The Labute approximate surface area is 150 Å². The van der Waals surface area contributed by atoms with Crippen LogP contribution in [0.5, 0.6) is 0 Å². The highest BCUT2D eigenvalue weighted by Gasteiger charge is 2.34. The van der Waals surface area contributed by atoms with Crippen LogP contribution in [0, 0.1) is 0 Å². The topological polar surface area (TPSA) is 46.3 Å². The van der Waals surface area contributed by atoms with Gasteiger partial charge in [0.1, 0.15) is 0 Å². The molecule has 1 heterocycles. The second kappa shape index (κ2) is 8.30. The number of carbonyl (C=O) groups is 1. The molecule has 2 aromatic carbocycles. The van der Waals surface area contributed by atoms with Gasteiger partial charge in [-0.25, -0.2) is 0 Å². The first kappa shape index (κ1) is 17.7. The van der Waals surface area contributed by atoms with Crippen LogP contribution in [0.4, 0.5) is 0 Å². The van der Waals surface area contributed by atoms with Crippen molar-refractivity contribution >= 4 is 5.91 Å². The monoisotopic (exact) mass is 336 g/mol. The Morgan fingerprint density at radius 2 is 1.68 bits per heavy atom. The third kappa shape index (κ3) is 4.10. The van der Waals surface area contributed by atoms with Crippen LogP contribution in [-0.2, 0) is 4.79 Å². The van der Waals surface area contributed by atoms with E-state index in [1.165, 1.54) is 5.56 Å². The Balaban J connectivity index is 1.71. The van der Waals surface area contributed by atoms with Gasteiger partial charge in [0.25, 0.3) is 0 Å². The predicted octanol–water partition coefficient (Wildman–Crippen LogP) is 4.26. The van der Waals surface area contributed by atoms with Gasteiger partial charge in [-0.3, -0.25) is 4.79 Å². The second-order valence-electron chi connectivity index (χ2n) is 6.94. The Morgan fingerprint density at radius 3 is 2.28 bits per heavy atom. The van der Waals surface area contributed by atoms with Gasteiger partial charge in [-0.1, -0.05) is 67.6 Å². The molecule has 0 bridgehead atoms. The Bertz CT molecular complexity index is 671. The number of hydrogen-bond acceptors (Lipinski definition) is 2. The molecule has 25 heavy (non-hydrogen) atoms. The number of benzene rings is 2. The number of nitrogens with zero attached hydrogens (tertiary/aromatic N) is 1. The van der Waals surface area contributed by atoms with E-state index in [0.29, 0.717) is 18.4 Å². The zero-order valence-corrected chi connectivity index (χ0v) is 15.0. The molecule has 2 N–H and O–H groups in total. The molecule has 1 aliphatic heterocycles. The molecule has 3 nitrogen and oxygen atoms in total. The first-order valence-electron chi connectivity index (χ1n) is 9.35. The maximum absolute atomic E-state index is 12.9. The van der Waals surface area contributed by atoms with E-state index in [2.05, 4.69) is 36.1 Å². The normalized spacial score (nSPS) is 19.6. The van der Waals surface area contributed by atoms with E-state index in [4.69, 9.17) is 5.73 Å². The maximum atomic E-state index is 12.9. The van der Waals surface area contributed by atoms with Crippen molar-refractivity contribution in [1.82, 2.24) is 4.90 Å². The van der Waals surface area contributed by atoms with E-state index >= 15 is 0 Å². The lowest BCUT2D eigenvalue weighted by molar-refractivity contribution is -0.132. The maximum Gasteiger partial charge on any atom is 0.224 e. The van der Waals surface area contributed by atoms with Crippen LogP contribution in [0.25, 0.3) is 0 Å². The number of nitrogens with two attached hydrogens (primary N) is 1. The molecule has 0 aromatic heterocycles. The fourth-order valence-corrected chi connectivity index (χ4v) is 4.07. The van der Waals surface area contributed by atoms with Gasteiger partial charge >= 0.3 is 0 Å². The standard InChI is InChI=1S/C22H28N2O/c1-2-19(17-10-5-3-6-11-17)21-14-9-15-24(21)22(25)16-20(23)18-12-7-4-8-13-18/h3-8,10-13,19-21H,2,9,14-16,23H2,1H3. The first-order chi connectivity index (χ1) is 12.2. The molecule has 3 atom stereocenters. The van der Waals surface area contributed by atoms with Gasteiger partial charge in [-0.2, -0.15) is 0 Å². The van der Waals surface area contributed by atoms with E-state index in [9.17, 15) is 4.79 Å². The van der Waals surface area contributed by atoms with E-state index in [1.807, 2.05) is 36.4 Å². The summed E-state index contributed by atoms with van der Waals surface area (Å²) in [5.41, 5.74) is 8.65. The van der Waals surface area contributed by atoms with Crippen LogP contribution in [0.1, 0.15) is 55.7 Å². The Kier molecular flexibility index (Phi) is 5.87. The molecule has 2 aromatic rings. The highest BCUT2D eigenvalue weighted by molar-refractivity contribution is 5.77. The van der Waals surface area contributed by atoms with Crippen molar-refractivity contribution in [3.05, 3.63) is 71.8 Å². The van der Waals surface area contributed by atoms with E-state index in [-0.39, 0.29) is 11.9 Å². The summed E-state index contributed by atoms with van der Waals surface area (Å²) < 4.78 is 0. The highest BCUT2D eigenvalue weighted by Crippen LogP contribution is 2.34. The SMILES string of the molecule is CCC(c1ccccc1)C1CCCN1C(=O)CC(N)c1ccccc1. The van der Waals surface area contributed by atoms with Gasteiger partial charge in [-0.15, -0.1) is 0 Å². The molecule has 1 fully saturated rings. The van der Waals surface area contributed by atoms with Gasteiger partial charge in [0.05, 0.1) is 0 Å². The second-order valence-corrected chi connectivity index (χ2v) is 6.94. The molecule has 1 amide bonds. The van der Waals surface area contributed by atoms with Crippen LogP contribution in [-0.4, -0.2) is 23.4 Å². The highest BCUT2D eigenvalue weighted by atomic mass is 16.2. The molecule has 3 heteroatoms. The van der Waals surface area contributed by atoms with Crippen molar-refractivity contribution in [3.63, 3.8) is 0 Å². The fraction of sp³-hybridized carbons (Fsp3) is 0.409. The van der Waals surface area contributed by atoms with Gasteiger partial charge in [-0.05, 0) is 30.4 Å². The summed E-state index contributed by atoms with van der Waals surface area (Å²) >= 11 is 0. The van der Waals surface area contributed by atoms with Crippen LogP contribution >= 0.6 is 0 Å². The number of amides is 1. The lowest BCUT2D eigenvalue weighted by atomic mass is 9.87. The predicted molar refractivity (Wildman–Crippen MR) is 102 cm³/mol. The Hall–Kier alpha value is -2.13. The van der Waals surface area contributed by atoms with Gasteiger partial charge in [0, 0.05) is 31.0 Å². The van der Waals surface area contributed by atoms with Crippen molar-refractivity contribution in [2.24, 2.45) is 5.73 Å². The minimum Gasteiger partial charge on any atom is -0.339 e. The van der Waals surface area contributed by atoms with Crippen molar-refractivity contribution in [2.75, 3.05) is 6.54 Å². The molecule has 3 unspecified atom stereocenters. The van der Waals surface area contributed by atoms with Gasteiger partial charge in [0.2, 0.25) is 5.91 Å². The first-order valence-corrected chi connectivity index (χ1v) is 9.35. The van der Waals surface area contributed by atoms with E-state index in [1.54, 1.807) is 0 Å². The lowest BCUT2D eigenvalue weighted by Gasteiger charge is -2.32. The molecule has 132 valence electrons. The summed E-state index contributed by atoms with van der Waals surface area (Å²) in [6.45, 7) is 3.07. The minimum atomic E-state index is -0.230. The number of carbonyl (C=O) groups excluding carboxylic acids is 1. The third-order valence-electron chi connectivity index (χ3n) is 5.37. The van der Waals surface area contributed by atoms with Crippen molar-refractivity contribution in [1.29, 1.82) is 0 Å². The van der Waals surface area contributed by atoms with Crippen molar-refractivity contribution in [2.45, 2.75) is 50.6 Å². The zero-order valence-electron chi connectivity index (χ0n) is 15.0. The van der Waals surface area contributed by atoms with Crippen LogP contribution in [0.3, 0.4) is 0 Å². The van der Waals surface area contributed by atoms with Gasteiger partial charge < -0.3 is 10.6 Å². The molecule has 0 radical (unpaired) electrons. The average molecular weight is 336 g/mol. The molecular formula is C22H28N2O. The molecule has 3 rings (SSSR count). The molecular weight excluding hydrogens is 308 g/mol. The summed E-state index contributed by atoms with van der Waals surface area (Å²) in [5.74, 6) is 0.592. The quantitative estimate of drug-likeness (QED) is 0.856. The summed E-state index contributed by atoms with van der Waals surface area (Å²) in [6.07, 6.45) is 3.59. The smallest absolute Gasteiger partial charge is 0.224 e. The summed E-state index contributed by atoms with van der Waals surface area (Å²) in [5, 5.41) is 0. The van der Waals surface area contributed by atoms with Crippen molar-refractivity contribution < 1.29 is 4.79 Å². The summed E-state index contributed by atoms with van der Waals surface area (Å²) in [4.78, 5) is 15.0. The largest absolute Gasteiger partial charge is 0.339 e. The van der Waals surface area contributed by atoms with Crippen LogP contribution in [0.15, 0.2) is 60.7 Å². The number of likely N-dealkylation sites (tertiary alicyclic amines) is 1. The Morgan fingerprint density at radius 1 is 1.08 bits per heavy atom. The average Bonchev–Trinajstić information content (AvgIpc) is 3.13. The van der Waals surface area contributed by atoms with Crippen LogP contribution < -0.4 is 5.73 Å².